The Morgan fingerprint density at radius 3 is 3.07 bits per heavy atom. The van der Waals surface area contributed by atoms with Crippen LogP contribution < -0.4 is 15.4 Å². The van der Waals surface area contributed by atoms with Crippen LogP contribution in [0.25, 0.3) is 5.65 Å². The van der Waals surface area contributed by atoms with E-state index in [0.717, 1.165) is 55.1 Å². The van der Waals surface area contributed by atoms with Gasteiger partial charge in [-0.15, -0.1) is 0 Å². The molecule has 1 aromatic carbocycles. The third-order valence-corrected chi connectivity index (χ3v) is 4.79. The fourth-order valence-corrected chi connectivity index (χ4v) is 3.31. The Morgan fingerprint density at radius 2 is 2.11 bits per heavy atom. The van der Waals surface area contributed by atoms with Crippen molar-refractivity contribution in [3.8, 4) is 5.75 Å². The molecular weight excluding hydrogens is 340 g/mol. The summed E-state index contributed by atoms with van der Waals surface area (Å²) in [5.41, 5.74) is 3.02. The number of rotatable bonds is 8. The molecule has 6 nitrogen and oxygen atoms in total. The van der Waals surface area contributed by atoms with Gasteiger partial charge in [0, 0.05) is 30.9 Å². The summed E-state index contributed by atoms with van der Waals surface area (Å²) in [4.78, 5) is 15.9. The van der Waals surface area contributed by atoms with Gasteiger partial charge in [-0.1, -0.05) is 12.1 Å². The van der Waals surface area contributed by atoms with Gasteiger partial charge in [-0.2, -0.15) is 0 Å². The highest BCUT2D eigenvalue weighted by atomic mass is 16.5. The van der Waals surface area contributed by atoms with Crippen LogP contribution in [-0.4, -0.2) is 28.4 Å². The molecule has 6 heteroatoms. The molecule has 2 aromatic heterocycles. The van der Waals surface area contributed by atoms with E-state index in [0.29, 0.717) is 13.0 Å². The molecule has 140 valence electrons. The third kappa shape index (κ3) is 4.22. The van der Waals surface area contributed by atoms with E-state index in [1.165, 1.54) is 5.56 Å². The summed E-state index contributed by atoms with van der Waals surface area (Å²) in [5.74, 6) is 1.93. The fourth-order valence-electron chi connectivity index (χ4n) is 3.31. The molecule has 3 heterocycles. The molecule has 0 spiro atoms. The summed E-state index contributed by atoms with van der Waals surface area (Å²) in [7, 11) is 0. The van der Waals surface area contributed by atoms with Gasteiger partial charge in [0.25, 0.3) is 0 Å². The van der Waals surface area contributed by atoms with Crippen molar-refractivity contribution >= 4 is 23.1 Å². The standard InChI is InChI=1S/C21H24N4O2/c26-21-10-8-16-7-9-17(14-18(16)24-21)27-13-5-1-3-11-22-20-15-23-19-6-2-4-12-25(19)20/h2,4,6-7,9,12,14-15,22H,1,3,5,8,10-11,13H2,(H,24,26). The van der Waals surface area contributed by atoms with Crippen LogP contribution in [0.1, 0.15) is 31.2 Å². The summed E-state index contributed by atoms with van der Waals surface area (Å²) < 4.78 is 7.89. The van der Waals surface area contributed by atoms with Crippen LogP contribution in [0.3, 0.4) is 0 Å². The molecule has 1 aliphatic rings. The van der Waals surface area contributed by atoms with Crippen molar-refractivity contribution in [3.05, 3.63) is 54.4 Å². The summed E-state index contributed by atoms with van der Waals surface area (Å²) in [6, 6.07) is 12.0. The van der Waals surface area contributed by atoms with E-state index in [2.05, 4.69) is 20.0 Å². The van der Waals surface area contributed by atoms with Gasteiger partial charge >= 0.3 is 0 Å². The zero-order valence-corrected chi connectivity index (χ0v) is 15.3. The first kappa shape index (κ1) is 17.4. The number of pyridine rings is 1. The van der Waals surface area contributed by atoms with Gasteiger partial charge in [0.2, 0.25) is 5.91 Å². The highest BCUT2D eigenvalue weighted by molar-refractivity contribution is 5.94. The van der Waals surface area contributed by atoms with Crippen molar-refractivity contribution in [1.29, 1.82) is 0 Å². The number of aryl methyl sites for hydroxylation is 1. The van der Waals surface area contributed by atoms with Gasteiger partial charge < -0.3 is 15.4 Å². The molecule has 0 saturated heterocycles. The molecule has 3 aromatic rings. The van der Waals surface area contributed by atoms with E-state index >= 15 is 0 Å². The largest absolute Gasteiger partial charge is 0.494 e. The van der Waals surface area contributed by atoms with Crippen molar-refractivity contribution in [2.45, 2.75) is 32.1 Å². The molecule has 4 rings (SSSR count). The van der Waals surface area contributed by atoms with Crippen LogP contribution in [0.15, 0.2) is 48.8 Å². The number of ether oxygens (including phenoxy) is 1. The monoisotopic (exact) mass is 364 g/mol. The number of unbranched alkanes of at least 4 members (excludes halogenated alkanes) is 2. The fraction of sp³-hybridized carbons (Fsp3) is 0.333. The van der Waals surface area contributed by atoms with Crippen LogP contribution in [0.4, 0.5) is 11.5 Å². The number of nitrogens with zero attached hydrogens (tertiary/aromatic N) is 2. The van der Waals surface area contributed by atoms with Crippen molar-refractivity contribution in [3.63, 3.8) is 0 Å². The number of hydrogen-bond donors (Lipinski definition) is 2. The molecule has 1 aliphatic heterocycles. The summed E-state index contributed by atoms with van der Waals surface area (Å²) in [5, 5.41) is 6.34. The normalized spacial score (nSPS) is 13.3. The highest BCUT2D eigenvalue weighted by Crippen LogP contribution is 2.27. The Hall–Kier alpha value is -3.02. The lowest BCUT2D eigenvalue weighted by Gasteiger charge is -2.17. The van der Waals surface area contributed by atoms with Gasteiger partial charge in [-0.05, 0) is 49.4 Å². The lowest BCUT2D eigenvalue weighted by atomic mass is 10.0. The Morgan fingerprint density at radius 1 is 1.15 bits per heavy atom. The Labute approximate surface area is 158 Å². The average molecular weight is 364 g/mol. The number of carbonyl (C=O) groups excluding carboxylic acids is 1. The molecule has 0 saturated carbocycles. The number of imidazole rings is 1. The number of nitrogens with one attached hydrogen (secondary N) is 2. The van der Waals surface area contributed by atoms with Crippen LogP contribution in [0, 0.1) is 0 Å². The minimum Gasteiger partial charge on any atom is -0.494 e. The van der Waals surface area contributed by atoms with E-state index in [4.69, 9.17) is 4.74 Å². The highest BCUT2D eigenvalue weighted by Gasteiger charge is 2.14. The SMILES string of the molecule is O=C1CCc2ccc(OCCCCCNc3cnc4ccccn34)cc2N1. The van der Waals surface area contributed by atoms with Crippen LogP contribution in [0.5, 0.6) is 5.75 Å². The van der Waals surface area contributed by atoms with Gasteiger partial charge in [0.05, 0.1) is 12.8 Å². The number of anilines is 2. The van der Waals surface area contributed by atoms with Gasteiger partial charge in [0.15, 0.2) is 0 Å². The molecule has 0 fully saturated rings. The first-order chi connectivity index (χ1) is 13.3. The Bertz CT molecular complexity index is 935. The van der Waals surface area contributed by atoms with Crippen molar-refractivity contribution < 1.29 is 9.53 Å². The van der Waals surface area contributed by atoms with Crippen molar-refractivity contribution in [2.75, 3.05) is 23.8 Å². The van der Waals surface area contributed by atoms with Crippen LogP contribution in [0.2, 0.25) is 0 Å². The predicted octanol–water partition coefficient (Wildman–Crippen LogP) is 3.88. The van der Waals surface area contributed by atoms with Gasteiger partial charge in [-0.25, -0.2) is 4.98 Å². The maximum atomic E-state index is 11.5. The molecule has 27 heavy (non-hydrogen) atoms. The first-order valence-corrected chi connectivity index (χ1v) is 9.51. The van der Waals surface area contributed by atoms with Gasteiger partial charge in [-0.3, -0.25) is 9.20 Å². The predicted molar refractivity (Wildman–Crippen MR) is 106 cm³/mol. The number of hydrogen-bond acceptors (Lipinski definition) is 4. The van der Waals surface area contributed by atoms with Crippen LogP contribution in [-0.2, 0) is 11.2 Å². The summed E-state index contributed by atoms with van der Waals surface area (Å²) >= 11 is 0. The Kier molecular flexibility index (Phi) is 5.23. The number of benzene rings is 1. The minimum absolute atomic E-state index is 0.0816. The number of amides is 1. The number of aromatic nitrogens is 2. The van der Waals surface area contributed by atoms with E-state index in [1.807, 2.05) is 48.8 Å². The molecule has 0 bridgehead atoms. The maximum Gasteiger partial charge on any atom is 0.224 e. The average Bonchev–Trinajstić information content (AvgIpc) is 3.10. The van der Waals surface area contributed by atoms with Gasteiger partial charge in [0.1, 0.15) is 17.2 Å². The van der Waals surface area contributed by atoms with Crippen molar-refractivity contribution in [1.82, 2.24) is 9.38 Å². The summed E-state index contributed by atoms with van der Waals surface area (Å²) in [6.07, 6.45) is 8.41. The molecule has 2 N–H and O–H groups in total. The second-order valence-electron chi connectivity index (χ2n) is 6.78. The molecule has 0 atom stereocenters. The van der Waals surface area contributed by atoms with E-state index in [-0.39, 0.29) is 5.91 Å². The van der Waals surface area contributed by atoms with E-state index < -0.39 is 0 Å². The first-order valence-electron chi connectivity index (χ1n) is 9.51. The Balaban J connectivity index is 1.16. The quantitative estimate of drug-likeness (QED) is 0.595. The second-order valence-corrected chi connectivity index (χ2v) is 6.78. The lowest BCUT2D eigenvalue weighted by Crippen LogP contribution is -2.18. The van der Waals surface area contributed by atoms with E-state index in [1.54, 1.807) is 0 Å². The van der Waals surface area contributed by atoms with Crippen LogP contribution >= 0.6 is 0 Å². The smallest absolute Gasteiger partial charge is 0.224 e. The molecular formula is C21H24N4O2. The third-order valence-electron chi connectivity index (χ3n) is 4.79. The number of carbonyl (C=O) groups is 1. The second kappa shape index (κ2) is 8.12. The summed E-state index contributed by atoms with van der Waals surface area (Å²) in [6.45, 7) is 1.59. The zero-order valence-electron chi connectivity index (χ0n) is 15.3. The maximum absolute atomic E-state index is 11.5. The lowest BCUT2D eigenvalue weighted by molar-refractivity contribution is -0.116. The molecule has 0 radical (unpaired) electrons. The molecule has 0 aliphatic carbocycles. The zero-order chi connectivity index (χ0) is 18.5. The number of fused-ring (bicyclic) bond motifs is 2. The van der Waals surface area contributed by atoms with Crippen molar-refractivity contribution in [2.24, 2.45) is 0 Å². The minimum atomic E-state index is 0.0816. The van der Waals surface area contributed by atoms with E-state index in [9.17, 15) is 4.79 Å². The molecule has 1 amide bonds. The topological polar surface area (TPSA) is 67.7 Å². The molecule has 0 unspecified atom stereocenters.